The van der Waals surface area contributed by atoms with Gasteiger partial charge in [-0.05, 0) is 35.4 Å². The zero-order chi connectivity index (χ0) is 20.9. The molecule has 1 aromatic heterocycles. The van der Waals surface area contributed by atoms with E-state index in [-0.39, 0.29) is 12.4 Å². The van der Waals surface area contributed by atoms with Gasteiger partial charge >= 0.3 is 0 Å². The number of nitrogens with zero attached hydrogens (tertiary/aromatic N) is 2. The Morgan fingerprint density at radius 1 is 0.933 bits per heavy atom. The van der Waals surface area contributed by atoms with Crippen LogP contribution in [0.3, 0.4) is 0 Å². The third kappa shape index (κ3) is 4.14. The van der Waals surface area contributed by atoms with Crippen molar-refractivity contribution in [1.29, 1.82) is 0 Å². The predicted molar refractivity (Wildman–Crippen MR) is 115 cm³/mol. The molecule has 0 radical (unpaired) electrons. The second-order valence-electron chi connectivity index (χ2n) is 6.89. The molecule has 0 aliphatic rings. The van der Waals surface area contributed by atoms with Crippen molar-refractivity contribution in [3.8, 4) is 28.1 Å². The van der Waals surface area contributed by atoms with E-state index in [2.05, 4.69) is 22.5 Å². The number of rotatable bonds is 7. The topological polar surface area (TPSA) is 72.9 Å². The molecule has 0 aliphatic carbocycles. The highest BCUT2D eigenvalue weighted by molar-refractivity contribution is 5.76. The molecule has 0 unspecified atom stereocenters. The second kappa shape index (κ2) is 8.71. The largest absolute Gasteiger partial charge is 0.369 e. The lowest BCUT2D eigenvalue weighted by Crippen LogP contribution is -2.28. The third-order valence-corrected chi connectivity index (χ3v) is 4.81. The first-order valence-corrected chi connectivity index (χ1v) is 9.60. The van der Waals surface area contributed by atoms with Gasteiger partial charge in [-0.1, -0.05) is 54.6 Å². The fourth-order valence-electron chi connectivity index (χ4n) is 3.39. The predicted octanol–water partition coefficient (Wildman–Crippen LogP) is 3.92. The highest BCUT2D eigenvalue weighted by Crippen LogP contribution is 2.30. The van der Waals surface area contributed by atoms with Gasteiger partial charge in [0.2, 0.25) is 5.91 Å². The highest BCUT2D eigenvalue weighted by atomic mass is 19.1. The van der Waals surface area contributed by atoms with Crippen LogP contribution in [0.15, 0.2) is 85.1 Å². The fraction of sp³-hybridized carbons (Fsp3) is 0.0833. The van der Waals surface area contributed by atoms with Crippen LogP contribution in [-0.2, 0) is 11.3 Å². The molecule has 150 valence electrons. The molecule has 1 amide bonds. The Morgan fingerprint density at radius 3 is 2.30 bits per heavy atom. The molecule has 1 heterocycles. The van der Waals surface area contributed by atoms with Gasteiger partial charge < -0.3 is 11.1 Å². The molecule has 0 atom stereocenters. The van der Waals surface area contributed by atoms with Crippen molar-refractivity contribution in [3.63, 3.8) is 0 Å². The third-order valence-electron chi connectivity index (χ3n) is 4.81. The Kier molecular flexibility index (Phi) is 5.68. The molecule has 0 saturated carbocycles. The molecule has 0 bridgehead atoms. The van der Waals surface area contributed by atoms with Gasteiger partial charge in [-0.3, -0.25) is 4.79 Å². The normalized spacial score (nSPS) is 10.8. The molecule has 0 saturated heterocycles. The Labute approximate surface area is 174 Å². The first-order valence-electron chi connectivity index (χ1n) is 9.60. The monoisotopic (exact) mass is 400 g/mol. The molecule has 0 fully saturated rings. The van der Waals surface area contributed by atoms with E-state index >= 15 is 0 Å². The number of nitrogens with two attached hydrogens (primary N) is 1. The van der Waals surface area contributed by atoms with E-state index in [0.717, 1.165) is 22.4 Å². The van der Waals surface area contributed by atoms with Crippen molar-refractivity contribution < 1.29 is 9.18 Å². The van der Waals surface area contributed by atoms with Crippen molar-refractivity contribution in [2.24, 2.45) is 5.73 Å². The lowest BCUT2D eigenvalue weighted by Gasteiger charge is -2.12. The van der Waals surface area contributed by atoms with Gasteiger partial charge in [-0.15, -0.1) is 0 Å². The first kappa shape index (κ1) is 19.5. The van der Waals surface area contributed by atoms with Crippen LogP contribution in [0, 0.1) is 5.82 Å². The van der Waals surface area contributed by atoms with Crippen LogP contribution < -0.4 is 11.1 Å². The van der Waals surface area contributed by atoms with E-state index in [1.165, 1.54) is 6.07 Å². The quantitative estimate of drug-likeness (QED) is 0.494. The molecule has 0 spiro atoms. The van der Waals surface area contributed by atoms with Gasteiger partial charge in [0.25, 0.3) is 0 Å². The Hall–Kier alpha value is -3.77. The summed E-state index contributed by atoms with van der Waals surface area (Å²) in [5.74, 6) is -0.789. The highest BCUT2D eigenvalue weighted by Gasteiger charge is 2.17. The number of primary amides is 1. The minimum atomic E-state index is -0.452. The van der Waals surface area contributed by atoms with Crippen molar-refractivity contribution in [1.82, 2.24) is 15.1 Å². The van der Waals surface area contributed by atoms with Crippen LogP contribution in [0.5, 0.6) is 0 Å². The van der Waals surface area contributed by atoms with Gasteiger partial charge in [-0.25, -0.2) is 9.07 Å². The van der Waals surface area contributed by atoms with E-state index in [0.29, 0.717) is 17.8 Å². The van der Waals surface area contributed by atoms with E-state index in [9.17, 15) is 9.18 Å². The van der Waals surface area contributed by atoms with Crippen LogP contribution in [0.2, 0.25) is 0 Å². The molecule has 4 rings (SSSR count). The van der Waals surface area contributed by atoms with E-state index in [1.807, 2.05) is 42.5 Å². The van der Waals surface area contributed by atoms with Gasteiger partial charge in [0.1, 0.15) is 5.82 Å². The van der Waals surface area contributed by atoms with E-state index in [1.54, 1.807) is 29.1 Å². The van der Waals surface area contributed by atoms with E-state index < -0.39 is 5.91 Å². The number of nitrogens with one attached hydrogen (secondary N) is 1. The zero-order valence-electron chi connectivity index (χ0n) is 16.3. The molecular weight excluding hydrogens is 379 g/mol. The van der Waals surface area contributed by atoms with E-state index in [4.69, 9.17) is 5.73 Å². The van der Waals surface area contributed by atoms with Gasteiger partial charge in [-0.2, -0.15) is 5.10 Å². The van der Waals surface area contributed by atoms with Crippen LogP contribution >= 0.6 is 0 Å². The molecule has 0 aliphatic heterocycles. The number of carbonyl (C=O) groups excluding carboxylic acids is 1. The molecule has 3 aromatic carbocycles. The number of benzene rings is 3. The molecule has 30 heavy (non-hydrogen) atoms. The Balaban J connectivity index is 1.73. The number of hydrogen-bond acceptors (Lipinski definition) is 3. The summed E-state index contributed by atoms with van der Waals surface area (Å²) < 4.78 is 16.3. The summed E-state index contributed by atoms with van der Waals surface area (Å²) in [6.45, 7) is 0.377. The van der Waals surface area contributed by atoms with Crippen LogP contribution in [0.4, 0.5) is 4.39 Å². The molecule has 3 N–H and O–H groups in total. The zero-order valence-corrected chi connectivity index (χ0v) is 16.3. The van der Waals surface area contributed by atoms with Gasteiger partial charge in [0.15, 0.2) is 0 Å². The maximum atomic E-state index is 14.6. The smallest absolute Gasteiger partial charge is 0.231 e. The average molecular weight is 400 g/mol. The average Bonchev–Trinajstić information content (AvgIpc) is 3.18. The summed E-state index contributed by atoms with van der Waals surface area (Å²) >= 11 is 0. The SMILES string of the molecule is NC(=O)CNCc1cnn(-c2ccc(-c3ccccc3)cc2)c1-c1ccccc1F. The number of aromatic nitrogens is 2. The minimum Gasteiger partial charge on any atom is -0.369 e. The van der Waals surface area contributed by atoms with Crippen molar-refractivity contribution in [3.05, 3.63) is 96.4 Å². The molecule has 6 heteroatoms. The summed E-state index contributed by atoms with van der Waals surface area (Å²) in [5.41, 5.74) is 10.1. The van der Waals surface area contributed by atoms with Crippen molar-refractivity contribution >= 4 is 5.91 Å². The lowest BCUT2D eigenvalue weighted by atomic mass is 10.0. The maximum Gasteiger partial charge on any atom is 0.231 e. The van der Waals surface area contributed by atoms with Gasteiger partial charge in [0, 0.05) is 17.7 Å². The minimum absolute atomic E-state index is 0.0354. The first-order chi connectivity index (χ1) is 14.6. The summed E-state index contributed by atoms with van der Waals surface area (Å²) in [4.78, 5) is 11.1. The fourth-order valence-corrected chi connectivity index (χ4v) is 3.39. The van der Waals surface area contributed by atoms with Crippen molar-refractivity contribution in [2.45, 2.75) is 6.54 Å². The Morgan fingerprint density at radius 2 is 1.60 bits per heavy atom. The Bertz CT molecular complexity index is 1150. The lowest BCUT2D eigenvalue weighted by molar-refractivity contribution is -0.117. The number of amides is 1. The molecular formula is C24H21FN4O. The number of carbonyl (C=O) groups is 1. The summed E-state index contributed by atoms with van der Waals surface area (Å²) in [6.07, 6.45) is 1.68. The number of halogens is 1. The molecule has 5 nitrogen and oxygen atoms in total. The van der Waals surface area contributed by atoms with Crippen LogP contribution in [-0.4, -0.2) is 22.2 Å². The summed E-state index contributed by atoms with van der Waals surface area (Å²) in [6, 6.07) is 24.6. The molecule has 4 aromatic rings. The standard InChI is InChI=1S/C24H21FN4O/c25-22-9-5-4-8-21(22)24-19(14-27-16-23(26)30)15-28-29(24)20-12-10-18(11-13-20)17-6-2-1-3-7-17/h1-13,15,27H,14,16H2,(H2,26,30). The van der Waals surface area contributed by atoms with Crippen molar-refractivity contribution in [2.75, 3.05) is 6.54 Å². The van der Waals surface area contributed by atoms with Crippen LogP contribution in [0.1, 0.15) is 5.56 Å². The summed E-state index contributed by atoms with van der Waals surface area (Å²) in [5, 5.41) is 7.47. The van der Waals surface area contributed by atoms with Crippen LogP contribution in [0.25, 0.3) is 28.1 Å². The number of hydrogen-bond donors (Lipinski definition) is 2. The summed E-state index contributed by atoms with van der Waals surface area (Å²) in [7, 11) is 0. The second-order valence-corrected chi connectivity index (χ2v) is 6.89. The van der Waals surface area contributed by atoms with Gasteiger partial charge in [0.05, 0.1) is 24.1 Å². The maximum absolute atomic E-state index is 14.6.